The van der Waals surface area contributed by atoms with Gasteiger partial charge >= 0.3 is 5.97 Å². The molecule has 0 unspecified atom stereocenters. The molecule has 2 N–H and O–H groups in total. The molecule has 0 aliphatic rings. The molecule has 2 amide bonds. The van der Waals surface area contributed by atoms with E-state index in [2.05, 4.69) is 10.6 Å². The zero-order valence-electron chi connectivity index (χ0n) is 16.6. The number of ether oxygens (including phenoxy) is 1. The lowest BCUT2D eigenvalue weighted by molar-refractivity contribution is -0.153. The van der Waals surface area contributed by atoms with Crippen LogP contribution in [0.25, 0.3) is 0 Å². The Hall–Kier alpha value is -3.48. The Bertz CT molecular complexity index is 895. The van der Waals surface area contributed by atoms with E-state index in [1.54, 1.807) is 48.5 Å². The average molecular weight is 396 g/mol. The van der Waals surface area contributed by atoms with Crippen LogP contribution in [0.15, 0.2) is 54.6 Å². The first-order chi connectivity index (χ1) is 13.8. The van der Waals surface area contributed by atoms with E-state index in [-0.39, 0.29) is 18.1 Å². The van der Waals surface area contributed by atoms with Crippen LogP contribution < -0.4 is 10.6 Å². The van der Waals surface area contributed by atoms with Gasteiger partial charge < -0.3 is 15.4 Å². The molecule has 0 saturated carbocycles. The highest BCUT2D eigenvalue weighted by Gasteiger charge is 2.22. The lowest BCUT2D eigenvalue weighted by Gasteiger charge is -2.19. The van der Waals surface area contributed by atoms with Gasteiger partial charge in [0.25, 0.3) is 5.91 Å². The Balaban J connectivity index is 1.97. The molecule has 7 heteroatoms. The van der Waals surface area contributed by atoms with E-state index in [1.165, 1.54) is 20.8 Å². The SMILES string of the molecule is CC(=O)N[C@H](CC(=O)O[C@H](C)C(=O)Nc1cccc(C(C)=O)c1)c1ccccc1. The van der Waals surface area contributed by atoms with Crippen molar-refractivity contribution in [2.75, 3.05) is 5.32 Å². The molecule has 2 rings (SSSR count). The summed E-state index contributed by atoms with van der Waals surface area (Å²) in [4.78, 5) is 47.6. The third-order valence-corrected chi connectivity index (χ3v) is 4.16. The second-order valence-corrected chi connectivity index (χ2v) is 6.63. The summed E-state index contributed by atoms with van der Waals surface area (Å²) in [7, 11) is 0. The van der Waals surface area contributed by atoms with Crippen molar-refractivity contribution in [1.82, 2.24) is 5.32 Å². The summed E-state index contributed by atoms with van der Waals surface area (Å²) in [6.07, 6.45) is -1.15. The van der Waals surface area contributed by atoms with E-state index < -0.39 is 24.0 Å². The van der Waals surface area contributed by atoms with Crippen molar-refractivity contribution < 1.29 is 23.9 Å². The van der Waals surface area contributed by atoms with Crippen LogP contribution in [0.1, 0.15) is 49.2 Å². The zero-order chi connectivity index (χ0) is 21.4. The second kappa shape index (κ2) is 10.2. The summed E-state index contributed by atoms with van der Waals surface area (Å²) in [6.45, 7) is 4.26. The van der Waals surface area contributed by atoms with Gasteiger partial charge in [-0.15, -0.1) is 0 Å². The fourth-order valence-electron chi connectivity index (χ4n) is 2.71. The Morgan fingerprint density at radius 3 is 2.28 bits per heavy atom. The number of anilines is 1. The van der Waals surface area contributed by atoms with Crippen molar-refractivity contribution in [1.29, 1.82) is 0 Å². The van der Waals surface area contributed by atoms with Gasteiger partial charge in [-0.05, 0) is 31.5 Å². The molecule has 29 heavy (non-hydrogen) atoms. The molecule has 0 radical (unpaired) electrons. The molecule has 0 spiro atoms. The fraction of sp³-hybridized carbons (Fsp3) is 0.273. The number of ketones is 1. The van der Waals surface area contributed by atoms with Crippen LogP contribution in [-0.4, -0.2) is 29.7 Å². The minimum atomic E-state index is -1.04. The Labute approximate surface area is 169 Å². The Morgan fingerprint density at radius 2 is 1.66 bits per heavy atom. The quantitative estimate of drug-likeness (QED) is 0.528. The van der Waals surface area contributed by atoms with Crippen molar-refractivity contribution in [3.05, 3.63) is 65.7 Å². The van der Waals surface area contributed by atoms with E-state index >= 15 is 0 Å². The van der Waals surface area contributed by atoms with Crippen molar-refractivity contribution in [3.63, 3.8) is 0 Å². The molecule has 0 aliphatic carbocycles. The maximum absolute atomic E-state index is 12.3. The highest BCUT2D eigenvalue weighted by molar-refractivity contribution is 5.98. The second-order valence-electron chi connectivity index (χ2n) is 6.63. The molecule has 2 aromatic rings. The van der Waals surface area contributed by atoms with Crippen LogP contribution >= 0.6 is 0 Å². The summed E-state index contributed by atoms with van der Waals surface area (Å²) in [6, 6.07) is 15.0. The standard InChI is InChI=1S/C22H24N2O5/c1-14(25)18-10-7-11-19(12-18)24-22(28)15(2)29-21(27)13-20(23-16(3)26)17-8-5-4-6-9-17/h4-12,15,20H,13H2,1-3H3,(H,23,26)(H,24,28)/t15-,20-/m1/s1. The average Bonchev–Trinajstić information content (AvgIpc) is 2.67. The zero-order valence-corrected chi connectivity index (χ0v) is 16.6. The minimum Gasteiger partial charge on any atom is -0.452 e. The number of carbonyl (C=O) groups excluding carboxylic acids is 4. The van der Waals surface area contributed by atoms with Crippen LogP contribution in [0, 0.1) is 0 Å². The van der Waals surface area contributed by atoms with Gasteiger partial charge in [0.15, 0.2) is 11.9 Å². The molecule has 7 nitrogen and oxygen atoms in total. The summed E-state index contributed by atoms with van der Waals surface area (Å²) >= 11 is 0. The molecule has 0 bridgehead atoms. The predicted octanol–water partition coefficient (Wildman–Crippen LogP) is 3.03. The molecule has 0 aromatic heterocycles. The smallest absolute Gasteiger partial charge is 0.309 e. The first-order valence-electron chi connectivity index (χ1n) is 9.19. The lowest BCUT2D eigenvalue weighted by atomic mass is 10.0. The highest BCUT2D eigenvalue weighted by Crippen LogP contribution is 2.18. The van der Waals surface area contributed by atoms with Crippen LogP contribution in [0.2, 0.25) is 0 Å². The Kier molecular flexibility index (Phi) is 7.65. The van der Waals surface area contributed by atoms with Gasteiger partial charge in [-0.1, -0.05) is 42.5 Å². The highest BCUT2D eigenvalue weighted by atomic mass is 16.5. The third kappa shape index (κ3) is 6.88. The number of amides is 2. The van der Waals surface area contributed by atoms with E-state index in [4.69, 9.17) is 4.74 Å². The van der Waals surface area contributed by atoms with Crippen molar-refractivity contribution in [2.45, 2.75) is 39.3 Å². The molecule has 0 fully saturated rings. The summed E-state index contributed by atoms with van der Waals surface area (Å²) in [5.74, 6) is -1.53. The normalized spacial score (nSPS) is 12.4. The topological polar surface area (TPSA) is 102 Å². The van der Waals surface area contributed by atoms with E-state index in [0.29, 0.717) is 11.3 Å². The van der Waals surface area contributed by atoms with Crippen LogP contribution in [0.4, 0.5) is 5.69 Å². The Morgan fingerprint density at radius 1 is 0.966 bits per heavy atom. The number of hydrogen-bond donors (Lipinski definition) is 2. The first kappa shape index (κ1) is 21.8. The van der Waals surface area contributed by atoms with E-state index in [1.807, 2.05) is 6.07 Å². The van der Waals surface area contributed by atoms with Gasteiger partial charge in [0.2, 0.25) is 5.91 Å². The van der Waals surface area contributed by atoms with E-state index in [0.717, 1.165) is 5.56 Å². The van der Waals surface area contributed by atoms with Gasteiger partial charge in [-0.25, -0.2) is 0 Å². The third-order valence-electron chi connectivity index (χ3n) is 4.16. The molecule has 0 heterocycles. The molecular formula is C22H24N2O5. The number of carbonyl (C=O) groups is 4. The van der Waals surface area contributed by atoms with Gasteiger partial charge in [0, 0.05) is 18.2 Å². The van der Waals surface area contributed by atoms with Crippen molar-refractivity contribution in [2.24, 2.45) is 0 Å². The van der Waals surface area contributed by atoms with Gasteiger partial charge in [-0.3, -0.25) is 19.2 Å². The lowest BCUT2D eigenvalue weighted by Crippen LogP contribution is -2.33. The summed E-state index contributed by atoms with van der Waals surface area (Å²) < 4.78 is 5.23. The summed E-state index contributed by atoms with van der Waals surface area (Å²) in [5, 5.41) is 5.34. The molecule has 0 aliphatic heterocycles. The maximum Gasteiger partial charge on any atom is 0.309 e. The van der Waals surface area contributed by atoms with Gasteiger partial charge in [0.1, 0.15) is 0 Å². The van der Waals surface area contributed by atoms with Crippen LogP contribution in [0.5, 0.6) is 0 Å². The molecule has 0 saturated heterocycles. The number of hydrogen-bond acceptors (Lipinski definition) is 5. The van der Waals surface area contributed by atoms with E-state index in [9.17, 15) is 19.2 Å². The number of Topliss-reactive ketones (excluding diaryl/α,β-unsaturated/α-hetero) is 1. The van der Waals surface area contributed by atoms with Crippen LogP contribution in [-0.2, 0) is 19.1 Å². The minimum absolute atomic E-state index is 0.110. The number of esters is 1. The fourth-order valence-corrected chi connectivity index (χ4v) is 2.71. The summed E-state index contributed by atoms with van der Waals surface area (Å²) in [5.41, 5.74) is 1.66. The number of benzene rings is 2. The molecular weight excluding hydrogens is 372 g/mol. The number of rotatable bonds is 8. The monoisotopic (exact) mass is 396 g/mol. The molecule has 2 atom stereocenters. The van der Waals surface area contributed by atoms with Crippen LogP contribution in [0.3, 0.4) is 0 Å². The first-order valence-corrected chi connectivity index (χ1v) is 9.19. The largest absolute Gasteiger partial charge is 0.452 e. The van der Waals surface area contributed by atoms with Crippen molar-refractivity contribution >= 4 is 29.3 Å². The molecule has 2 aromatic carbocycles. The van der Waals surface area contributed by atoms with Gasteiger partial charge in [0.05, 0.1) is 12.5 Å². The maximum atomic E-state index is 12.3. The molecule has 152 valence electrons. The van der Waals surface area contributed by atoms with Gasteiger partial charge in [-0.2, -0.15) is 0 Å². The number of nitrogens with one attached hydrogen (secondary N) is 2. The predicted molar refractivity (Wildman–Crippen MR) is 108 cm³/mol. The van der Waals surface area contributed by atoms with Crippen molar-refractivity contribution in [3.8, 4) is 0 Å².